The van der Waals surface area contributed by atoms with Crippen molar-refractivity contribution >= 4 is 12.4 Å². The fourth-order valence-corrected chi connectivity index (χ4v) is 1.97. The van der Waals surface area contributed by atoms with Crippen molar-refractivity contribution in [1.82, 2.24) is 0 Å². The van der Waals surface area contributed by atoms with Gasteiger partial charge in [-0.1, -0.05) is 24.3 Å². The van der Waals surface area contributed by atoms with Crippen molar-refractivity contribution in [3.8, 4) is 0 Å². The van der Waals surface area contributed by atoms with Crippen LogP contribution in [0.2, 0.25) is 0 Å². The van der Waals surface area contributed by atoms with Gasteiger partial charge in [-0.05, 0) is 42.9 Å². The highest BCUT2D eigenvalue weighted by molar-refractivity contribution is 5.85. The maximum absolute atomic E-state index is 5.66. The van der Waals surface area contributed by atoms with E-state index in [1.807, 2.05) is 0 Å². The molecule has 2 N–H and O–H groups in total. The number of nitrogens with two attached hydrogens (primary N) is 1. The number of benzene rings is 1. The summed E-state index contributed by atoms with van der Waals surface area (Å²) in [6.07, 6.45) is 3.68. The van der Waals surface area contributed by atoms with Crippen LogP contribution < -0.4 is 5.73 Å². The van der Waals surface area contributed by atoms with Crippen molar-refractivity contribution in [3.05, 3.63) is 35.4 Å². The van der Waals surface area contributed by atoms with E-state index in [9.17, 15) is 0 Å². The molecule has 0 fully saturated rings. The van der Waals surface area contributed by atoms with Gasteiger partial charge in [0.25, 0.3) is 0 Å². The first-order chi connectivity index (χ1) is 5.90. The van der Waals surface area contributed by atoms with E-state index in [-0.39, 0.29) is 12.4 Å². The molecule has 0 amide bonds. The molecule has 0 heterocycles. The lowest BCUT2D eigenvalue weighted by molar-refractivity contribution is 0.469. The molecule has 2 heteroatoms. The Balaban J connectivity index is 0.000000845. The normalized spacial score (nSPS) is 20.2. The SMILES string of the molecule is Cl.NC[C@H]1CCc2ccccc2C1. The highest BCUT2D eigenvalue weighted by atomic mass is 35.5. The fourth-order valence-electron chi connectivity index (χ4n) is 1.97. The Morgan fingerprint density at radius 1 is 1.23 bits per heavy atom. The second kappa shape index (κ2) is 4.64. The van der Waals surface area contributed by atoms with Crippen LogP contribution in [0.4, 0.5) is 0 Å². The van der Waals surface area contributed by atoms with Crippen LogP contribution >= 0.6 is 12.4 Å². The molecule has 0 spiro atoms. The van der Waals surface area contributed by atoms with Crippen LogP contribution in [-0.2, 0) is 12.8 Å². The average molecular weight is 198 g/mol. The van der Waals surface area contributed by atoms with Crippen LogP contribution in [0.25, 0.3) is 0 Å². The Morgan fingerprint density at radius 2 is 1.92 bits per heavy atom. The monoisotopic (exact) mass is 197 g/mol. The van der Waals surface area contributed by atoms with E-state index in [0.717, 1.165) is 12.5 Å². The number of aryl methyl sites for hydroxylation is 1. The summed E-state index contributed by atoms with van der Waals surface area (Å²) < 4.78 is 0. The summed E-state index contributed by atoms with van der Waals surface area (Å²) in [5.74, 6) is 0.722. The molecule has 0 unspecified atom stereocenters. The van der Waals surface area contributed by atoms with E-state index < -0.39 is 0 Å². The van der Waals surface area contributed by atoms with Crippen molar-refractivity contribution in [1.29, 1.82) is 0 Å². The third kappa shape index (κ3) is 2.23. The lowest BCUT2D eigenvalue weighted by Crippen LogP contribution is -2.21. The molecule has 0 aliphatic heterocycles. The largest absolute Gasteiger partial charge is 0.330 e. The van der Waals surface area contributed by atoms with Gasteiger partial charge in [-0.2, -0.15) is 0 Å². The molecule has 1 aromatic rings. The predicted molar refractivity (Wildman–Crippen MR) is 58.3 cm³/mol. The maximum atomic E-state index is 5.66. The highest BCUT2D eigenvalue weighted by Crippen LogP contribution is 2.24. The van der Waals surface area contributed by atoms with E-state index in [0.29, 0.717) is 0 Å². The Labute approximate surface area is 85.7 Å². The molecule has 1 nitrogen and oxygen atoms in total. The maximum Gasteiger partial charge on any atom is -0.00456 e. The third-order valence-corrected chi connectivity index (χ3v) is 2.78. The van der Waals surface area contributed by atoms with E-state index in [1.165, 1.54) is 30.4 Å². The van der Waals surface area contributed by atoms with E-state index in [4.69, 9.17) is 5.73 Å². The molecule has 1 atom stereocenters. The van der Waals surface area contributed by atoms with Gasteiger partial charge in [0.2, 0.25) is 0 Å². The van der Waals surface area contributed by atoms with Gasteiger partial charge in [0, 0.05) is 0 Å². The number of hydrogen-bond donors (Lipinski definition) is 1. The summed E-state index contributed by atoms with van der Waals surface area (Å²) >= 11 is 0. The zero-order valence-electron chi connectivity index (χ0n) is 7.70. The first-order valence-corrected chi connectivity index (χ1v) is 4.67. The lowest BCUT2D eigenvalue weighted by atomic mass is 9.84. The second-order valence-corrected chi connectivity index (χ2v) is 3.61. The first kappa shape index (κ1) is 10.6. The van der Waals surface area contributed by atoms with Crippen molar-refractivity contribution < 1.29 is 0 Å². The van der Waals surface area contributed by atoms with Gasteiger partial charge in [-0.15, -0.1) is 12.4 Å². The smallest absolute Gasteiger partial charge is 0.00456 e. The molecule has 0 saturated heterocycles. The van der Waals surface area contributed by atoms with Crippen molar-refractivity contribution in [2.24, 2.45) is 11.7 Å². The fraction of sp³-hybridized carbons (Fsp3) is 0.455. The Morgan fingerprint density at radius 3 is 2.62 bits per heavy atom. The molecule has 2 rings (SSSR count). The molecule has 0 saturated carbocycles. The number of halogens is 1. The van der Waals surface area contributed by atoms with Gasteiger partial charge in [-0.3, -0.25) is 0 Å². The minimum atomic E-state index is 0. The Hall–Kier alpha value is -0.530. The number of hydrogen-bond acceptors (Lipinski definition) is 1. The van der Waals surface area contributed by atoms with Gasteiger partial charge in [0.1, 0.15) is 0 Å². The number of fused-ring (bicyclic) bond motifs is 1. The van der Waals surface area contributed by atoms with Gasteiger partial charge in [-0.25, -0.2) is 0 Å². The van der Waals surface area contributed by atoms with Crippen molar-refractivity contribution in [2.75, 3.05) is 6.54 Å². The molecule has 72 valence electrons. The van der Waals surface area contributed by atoms with Crippen molar-refractivity contribution in [3.63, 3.8) is 0 Å². The van der Waals surface area contributed by atoms with Crippen LogP contribution in [0.3, 0.4) is 0 Å². The second-order valence-electron chi connectivity index (χ2n) is 3.61. The summed E-state index contributed by atoms with van der Waals surface area (Å²) in [4.78, 5) is 0. The van der Waals surface area contributed by atoms with E-state index in [2.05, 4.69) is 24.3 Å². The zero-order valence-corrected chi connectivity index (χ0v) is 8.52. The van der Waals surface area contributed by atoms with Crippen LogP contribution in [0.1, 0.15) is 17.5 Å². The zero-order chi connectivity index (χ0) is 8.39. The molecule has 13 heavy (non-hydrogen) atoms. The van der Waals surface area contributed by atoms with Gasteiger partial charge >= 0.3 is 0 Å². The van der Waals surface area contributed by atoms with E-state index >= 15 is 0 Å². The van der Waals surface area contributed by atoms with Crippen LogP contribution in [0.15, 0.2) is 24.3 Å². The van der Waals surface area contributed by atoms with Crippen molar-refractivity contribution in [2.45, 2.75) is 19.3 Å². The molecule has 0 radical (unpaired) electrons. The van der Waals surface area contributed by atoms with Crippen LogP contribution in [0, 0.1) is 5.92 Å². The molecule has 1 aliphatic carbocycles. The molecular weight excluding hydrogens is 182 g/mol. The molecule has 1 aliphatic rings. The molecule has 0 bridgehead atoms. The molecule has 0 aromatic heterocycles. The third-order valence-electron chi connectivity index (χ3n) is 2.78. The highest BCUT2D eigenvalue weighted by Gasteiger charge is 2.15. The quantitative estimate of drug-likeness (QED) is 0.734. The standard InChI is InChI=1S/C11H15N.ClH/c12-8-9-5-6-10-3-1-2-4-11(10)7-9;/h1-4,9H,5-8,12H2;1H/t9-;/m0./s1. The lowest BCUT2D eigenvalue weighted by Gasteiger charge is -2.22. The summed E-state index contributed by atoms with van der Waals surface area (Å²) in [5.41, 5.74) is 8.70. The van der Waals surface area contributed by atoms with Gasteiger partial charge < -0.3 is 5.73 Å². The van der Waals surface area contributed by atoms with Crippen LogP contribution in [-0.4, -0.2) is 6.54 Å². The topological polar surface area (TPSA) is 26.0 Å². The van der Waals surface area contributed by atoms with Gasteiger partial charge in [0.15, 0.2) is 0 Å². The Bertz CT molecular complexity index is 273. The van der Waals surface area contributed by atoms with Gasteiger partial charge in [0.05, 0.1) is 0 Å². The summed E-state index contributed by atoms with van der Waals surface area (Å²) in [6, 6.07) is 8.72. The van der Waals surface area contributed by atoms with E-state index in [1.54, 1.807) is 0 Å². The predicted octanol–water partition coefficient (Wildman–Crippen LogP) is 2.17. The molecular formula is C11H16ClN. The average Bonchev–Trinajstić information content (AvgIpc) is 2.17. The first-order valence-electron chi connectivity index (χ1n) is 4.67. The minimum Gasteiger partial charge on any atom is -0.330 e. The summed E-state index contributed by atoms with van der Waals surface area (Å²) in [5, 5.41) is 0. The summed E-state index contributed by atoms with van der Waals surface area (Å²) in [7, 11) is 0. The Kier molecular flexibility index (Phi) is 3.76. The van der Waals surface area contributed by atoms with Crippen LogP contribution in [0.5, 0.6) is 0 Å². The molecule has 1 aromatic carbocycles. The number of rotatable bonds is 1. The minimum absolute atomic E-state index is 0. The summed E-state index contributed by atoms with van der Waals surface area (Å²) in [6.45, 7) is 0.842.